The van der Waals surface area contributed by atoms with Gasteiger partial charge >= 0.3 is 12.1 Å². The molecule has 2 aromatic rings. The van der Waals surface area contributed by atoms with Crippen molar-refractivity contribution in [1.82, 2.24) is 4.98 Å². The molecule has 1 aliphatic rings. The van der Waals surface area contributed by atoms with Gasteiger partial charge in [0.15, 0.2) is 0 Å². The molecule has 1 aliphatic heterocycles. The van der Waals surface area contributed by atoms with Crippen molar-refractivity contribution in [1.29, 1.82) is 0 Å². The van der Waals surface area contributed by atoms with Crippen LogP contribution in [-0.4, -0.2) is 30.3 Å². The third kappa shape index (κ3) is 3.88. The maximum atomic E-state index is 13.9. The van der Waals surface area contributed by atoms with Crippen molar-refractivity contribution in [3.05, 3.63) is 52.2 Å². The number of aromatic nitrogens is 1. The molecular formula is C21H22F3N3O3. The lowest BCUT2D eigenvalue weighted by atomic mass is 9.91. The zero-order valence-electron chi connectivity index (χ0n) is 17.1. The Kier molecular flexibility index (Phi) is 5.83. The first-order chi connectivity index (χ1) is 14.1. The number of nitrogens with zero attached hydrogens (tertiary/aromatic N) is 3. The fourth-order valence-corrected chi connectivity index (χ4v) is 3.49. The Bertz CT molecular complexity index is 982. The first-order valence-electron chi connectivity index (χ1n) is 9.49. The number of azo groups is 1. The number of rotatable bonds is 5. The standard InChI is InChI=1S/C21H22F3N3O3/c1-5-29-19(28)15-6-7-16(20(21(22,23)24)8-9-25-27-20)26-18(15)30-17-13(3)10-12(2)11-14(17)4/h6-7,10-11H,5,8-9H2,1-4H3/t20-/m1/s1. The van der Waals surface area contributed by atoms with Crippen molar-refractivity contribution in [2.45, 2.75) is 45.8 Å². The van der Waals surface area contributed by atoms with Crippen LogP contribution >= 0.6 is 0 Å². The quantitative estimate of drug-likeness (QED) is 0.590. The molecule has 0 amide bonds. The van der Waals surface area contributed by atoms with Gasteiger partial charge in [0.1, 0.15) is 11.3 Å². The summed E-state index contributed by atoms with van der Waals surface area (Å²) < 4.78 is 52.6. The molecule has 6 nitrogen and oxygen atoms in total. The van der Waals surface area contributed by atoms with E-state index in [1.807, 2.05) is 32.9 Å². The highest BCUT2D eigenvalue weighted by Gasteiger charge is 2.59. The fraction of sp³-hybridized carbons (Fsp3) is 0.429. The van der Waals surface area contributed by atoms with Crippen LogP contribution in [0.1, 0.15) is 46.1 Å². The van der Waals surface area contributed by atoms with E-state index >= 15 is 0 Å². The smallest absolute Gasteiger partial charge is 0.421 e. The molecule has 1 atom stereocenters. The Morgan fingerprint density at radius 2 is 1.83 bits per heavy atom. The van der Waals surface area contributed by atoms with Gasteiger partial charge in [0.2, 0.25) is 11.4 Å². The average Bonchev–Trinajstić information content (AvgIpc) is 3.16. The van der Waals surface area contributed by atoms with Crippen LogP contribution in [0.2, 0.25) is 0 Å². The number of carbonyl (C=O) groups is 1. The second kappa shape index (κ2) is 8.04. The third-order valence-corrected chi connectivity index (χ3v) is 4.87. The number of benzene rings is 1. The minimum atomic E-state index is -4.70. The minimum absolute atomic E-state index is 0.0623. The summed E-state index contributed by atoms with van der Waals surface area (Å²) in [7, 11) is 0. The highest BCUT2D eigenvalue weighted by Crippen LogP contribution is 2.48. The Balaban J connectivity index is 2.15. The minimum Gasteiger partial charge on any atom is -0.462 e. The normalized spacial score (nSPS) is 18.5. The molecule has 3 rings (SSSR count). The molecule has 0 saturated carbocycles. The van der Waals surface area contributed by atoms with Gasteiger partial charge < -0.3 is 9.47 Å². The van der Waals surface area contributed by atoms with Crippen LogP contribution in [-0.2, 0) is 10.3 Å². The molecule has 9 heteroatoms. The largest absolute Gasteiger partial charge is 0.462 e. The average molecular weight is 421 g/mol. The molecule has 0 fully saturated rings. The zero-order chi connectivity index (χ0) is 22.1. The number of alkyl halides is 3. The van der Waals surface area contributed by atoms with Gasteiger partial charge in [-0.2, -0.15) is 23.4 Å². The van der Waals surface area contributed by atoms with Gasteiger partial charge in [-0.3, -0.25) is 0 Å². The first-order valence-corrected chi connectivity index (χ1v) is 9.49. The summed E-state index contributed by atoms with van der Waals surface area (Å²) in [5.74, 6) is -0.570. The summed E-state index contributed by atoms with van der Waals surface area (Å²) in [6.07, 6.45) is -5.05. The molecule has 0 radical (unpaired) electrons. The molecule has 0 aliphatic carbocycles. The number of pyridine rings is 1. The van der Waals surface area contributed by atoms with Crippen molar-refractivity contribution < 1.29 is 27.4 Å². The van der Waals surface area contributed by atoms with Gasteiger partial charge in [-0.05, 0) is 51.0 Å². The van der Waals surface area contributed by atoms with Crippen molar-refractivity contribution >= 4 is 5.97 Å². The van der Waals surface area contributed by atoms with Gasteiger partial charge in [-0.1, -0.05) is 17.7 Å². The van der Waals surface area contributed by atoms with Crippen LogP contribution in [0, 0.1) is 20.8 Å². The Morgan fingerprint density at radius 1 is 1.17 bits per heavy atom. The summed E-state index contributed by atoms with van der Waals surface area (Å²) in [5, 5.41) is 7.03. The molecule has 0 bridgehead atoms. The number of esters is 1. The van der Waals surface area contributed by atoms with Crippen LogP contribution in [0.5, 0.6) is 11.6 Å². The molecule has 0 saturated heterocycles. The van der Waals surface area contributed by atoms with Crippen LogP contribution < -0.4 is 4.74 Å². The number of carbonyl (C=O) groups excluding carboxylic acids is 1. The molecule has 1 aromatic heterocycles. The number of aryl methyl sites for hydroxylation is 3. The molecule has 160 valence electrons. The van der Waals surface area contributed by atoms with Crippen LogP contribution in [0.25, 0.3) is 0 Å². The van der Waals surface area contributed by atoms with E-state index in [1.165, 1.54) is 6.07 Å². The highest BCUT2D eigenvalue weighted by molar-refractivity contribution is 5.92. The summed E-state index contributed by atoms with van der Waals surface area (Å²) >= 11 is 0. The topological polar surface area (TPSA) is 73.1 Å². The number of hydrogen-bond donors (Lipinski definition) is 0. The molecule has 0 unspecified atom stereocenters. The highest BCUT2D eigenvalue weighted by atomic mass is 19.4. The van der Waals surface area contributed by atoms with Crippen LogP contribution in [0.15, 0.2) is 34.5 Å². The molecular weight excluding hydrogens is 399 g/mol. The van der Waals surface area contributed by atoms with E-state index in [4.69, 9.17) is 9.47 Å². The van der Waals surface area contributed by atoms with E-state index in [1.54, 1.807) is 6.92 Å². The van der Waals surface area contributed by atoms with Crippen LogP contribution in [0.4, 0.5) is 13.2 Å². The SMILES string of the molecule is CCOC(=O)c1ccc([C@@]2(C(F)(F)F)CCN=N2)nc1Oc1c(C)cc(C)cc1C. The van der Waals surface area contributed by atoms with Crippen molar-refractivity contribution in [3.8, 4) is 11.6 Å². The van der Waals surface area contributed by atoms with Gasteiger partial charge in [0.05, 0.1) is 18.8 Å². The first kappa shape index (κ1) is 21.7. The Hall–Kier alpha value is -2.97. The lowest BCUT2D eigenvalue weighted by Crippen LogP contribution is -2.40. The second-order valence-electron chi connectivity index (χ2n) is 7.17. The van der Waals surface area contributed by atoms with Crippen molar-refractivity contribution in [3.63, 3.8) is 0 Å². The molecule has 30 heavy (non-hydrogen) atoms. The summed E-state index contributed by atoms with van der Waals surface area (Å²) in [5.41, 5.74) is -0.461. The number of ether oxygens (including phenoxy) is 2. The lowest BCUT2D eigenvalue weighted by Gasteiger charge is -2.27. The van der Waals surface area contributed by atoms with E-state index in [0.717, 1.165) is 22.8 Å². The predicted octanol–water partition coefficient (Wildman–Crippen LogP) is 5.59. The molecule has 1 aromatic carbocycles. The van der Waals surface area contributed by atoms with E-state index in [2.05, 4.69) is 15.2 Å². The summed E-state index contributed by atoms with van der Waals surface area (Å²) in [6.45, 7) is 7.21. The number of hydrogen-bond acceptors (Lipinski definition) is 6. The molecule has 0 spiro atoms. The van der Waals surface area contributed by atoms with Gasteiger partial charge in [0, 0.05) is 6.42 Å². The molecule has 2 heterocycles. The van der Waals surface area contributed by atoms with Gasteiger partial charge in [0.25, 0.3) is 0 Å². The van der Waals surface area contributed by atoms with E-state index in [9.17, 15) is 18.0 Å². The van der Waals surface area contributed by atoms with Gasteiger partial charge in [-0.25, -0.2) is 9.78 Å². The lowest BCUT2D eigenvalue weighted by molar-refractivity contribution is -0.189. The Labute approximate surface area is 172 Å². The summed E-state index contributed by atoms with van der Waals surface area (Å²) in [4.78, 5) is 16.5. The second-order valence-corrected chi connectivity index (χ2v) is 7.17. The Morgan fingerprint density at radius 3 is 2.37 bits per heavy atom. The molecule has 0 N–H and O–H groups in total. The van der Waals surface area contributed by atoms with E-state index in [0.29, 0.717) is 5.75 Å². The fourth-order valence-electron chi connectivity index (χ4n) is 3.49. The number of halogens is 3. The maximum Gasteiger partial charge on any atom is 0.421 e. The van der Waals surface area contributed by atoms with Crippen molar-refractivity contribution in [2.75, 3.05) is 13.2 Å². The monoisotopic (exact) mass is 421 g/mol. The third-order valence-electron chi connectivity index (χ3n) is 4.87. The van der Waals surface area contributed by atoms with Gasteiger partial charge in [-0.15, -0.1) is 0 Å². The van der Waals surface area contributed by atoms with E-state index < -0.39 is 17.7 Å². The maximum absolute atomic E-state index is 13.9. The predicted molar refractivity (Wildman–Crippen MR) is 103 cm³/mol. The van der Waals surface area contributed by atoms with Crippen LogP contribution in [0.3, 0.4) is 0 Å². The van der Waals surface area contributed by atoms with E-state index in [-0.39, 0.29) is 36.7 Å². The summed E-state index contributed by atoms with van der Waals surface area (Å²) in [6, 6.07) is 6.11. The zero-order valence-corrected chi connectivity index (χ0v) is 17.1. The van der Waals surface area contributed by atoms with Crippen molar-refractivity contribution in [2.24, 2.45) is 10.2 Å².